The van der Waals surface area contributed by atoms with Crippen LogP contribution in [0, 0.1) is 0 Å². The largest absolute Gasteiger partial charge is 0.415 e. The molecule has 4 aromatic rings. The van der Waals surface area contributed by atoms with Crippen LogP contribution in [-0.4, -0.2) is 90.1 Å². The molecule has 3 aliphatic heterocycles. The number of anilines is 1. The van der Waals surface area contributed by atoms with E-state index in [-0.39, 0.29) is 12.0 Å². The first-order valence-corrected chi connectivity index (χ1v) is 15.8. The van der Waals surface area contributed by atoms with Gasteiger partial charge in [0.1, 0.15) is 5.75 Å². The zero-order valence-corrected chi connectivity index (χ0v) is 24.7. The predicted octanol–water partition coefficient (Wildman–Crippen LogP) is 5.80. The maximum Gasteiger partial charge on any atom is 0.415 e. The van der Waals surface area contributed by atoms with Crippen LogP contribution < -0.4 is 9.64 Å². The summed E-state index contributed by atoms with van der Waals surface area (Å²) in [6.07, 6.45) is 5.70. The Kier molecular flexibility index (Phi) is 7.85. The van der Waals surface area contributed by atoms with E-state index in [1.807, 2.05) is 82.6 Å². The van der Waals surface area contributed by atoms with Gasteiger partial charge in [-0.25, -0.2) is 9.78 Å². The maximum atomic E-state index is 13.9. The molecule has 8 nitrogen and oxygen atoms in total. The van der Waals surface area contributed by atoms with Crippen molar-refractivity contribution in [3.63, 3.8) is 0 Å². The van der Waals surface area contributed by atoms with Gasteiger partial charge in [0.15, 0.2) is 0 Å². The number of pyridine rings is 1. The van der Waals surface area contributed by atoms with Gasteiger partial charge in [0.05, 0.1) is 16.6 Å². The van der Waals surface area contributed by atoms with Crippen LogP contribution in [0.25, 0.3) is 21.8 Å². The molecule has 3 aromatic carbocycles. The highest BCUT2D eigenvalue weighted by Gasteiger charge is 2.29. The number of carbonyl (C=O) groups excluding carboxylic acids is 2. The molecule has 2 amide bonds. The highest BCUT2D eigenvalue weighted by atomic mass is 16.6. The highest BCUT2D eigenvalue weighted by Crippen LogP contribution is 2.29. The number of likely N-dealkylation sites (tertiary alicyclic amines) is 2. The van der Waals surface area contributed by atoms with Gasteiger partial charge in [-0.1, -0.05) is 48.9 Å². The third-order valence-electron chi connectivity index (χ3n) is 9.39. The first-order chi connectivity index (χ1) is 21.1. The molecule has 3 fully saturated rings. The number of para-hydroxylation sites is 2. The van der Waals surface area contributed by atoms with E-state index >= 15 is 0 Å². The van der Waals surface area contributed by atoms with Crippen molar-refractivity contribution in [1.29, 1.82) is 0 Å². The van der Waals surface area contributed by atoms with Crippen molar-refractivity contribution < 1.29 is 14.3 Å². The molecule has 8 heteroatoms. The van der Waals surface area contributed by atoms with Gasteiger partial charge in [0, 0.05) is 67.8 Å². The third-order valence-corrected chi connectivity index (χ3v) is 9.39. The van der Waals surface area contributed by atoms with Gasteiger partial charge in [0.25, 0.3) is 5.91 Å². The zero-order chi connectivity index (χ0) is 29.2. The number of fused-ring (bicyclic) bond motifs is 2. The molecule has 0 bridgehead atoms. The van der Waals surface area contributed by atoms with Crippen LogP contribution in [0.1, 0.15) is 42.5 Å². The standard InChI is InChI=1S/C35H39N5O3/c41-34(33-29-11-2-4-13-31(29)36-32-14-5-3-12-30(32)33)39-23-21-38(22-24-39)27-9-8-10-28(25-27)43-35(42)40-19-15-26(16-20-40)37-17-6-1-7-18-37/h2-5,8-14,25-26H,1,6-7,15-24H2. The molecule has 3 aliphatic rings. The number of benzene rings is 3. The summed E-state index contributed by atoms with van der Waals surface area (Å²) in [4.78, 5) is 40.4. The Morgan fingerprint density at radius 2 is 1.33 bits per heavy atom. The van der Waals surface area contributed by atoms with E-state index in [4.69, 9.17) is 9.72 Å². The van der Waals surface area contributed by atoms with Gasteiger partial charge in [-0.15, -0.1) is 0 Å². The Hall–Kier alpha value is -4.17. The quantitative estimate of drug-likeness (QED) is 0.286. The molecular formula is C35H39N5O3. The molecule has 4 heterocycles. The number of rotatable bonds is 4. The molecule has 0 atom stereocenters. The average molecular weight is 578 g/mol. The number of carbonyl (C=O) groups is 2. The molecule has 7 rings (SSSR count). The number of nitrogens with zero attached hydrogens (tertiary/aromatic N) is 5. The van der Waals surface area contributed by atoms with E-state index in [9.17, 15) is 9.59 Å². The number of piperidine rings is 2. The zero-order valence-electron chi connectivity index (χ0n) is 24.7. The molecule has 1 aromatic heterocycles. The fourth-order valence-corrected chi connectivity index (χ4v) is 7.00. The average Bonchev–Trinajstić information content (AvgIpc) is 3.07. The van der Waals surface area contributed by atoms with Crippen LogP contribution >= 0.6 is 0 Å². The normalized spacial score (nSPS) is 18.7. The molecule has 43 heavy (non-hydrogen) atoms. The lowest BCUT2D eigenvalue weighted by Gasteiger charge is -2.39. The summed E-state index contributed by atoms with van der Waals surface area (Å²) < 4.78 is 5.84. The summed E-state index contributed by atoms with van der Waals surface area (Å²) in [6.45, 7) is 6.51. The van der Waals surface area contributed by atoms with E-state index in [2.05, 4.69) is 9.80 Å². The van der Waals surface area contributed by atoms with Crippen LogP contribution in [0.2, 0.25) is 0 Å². The van der Waals surface area contributed by atoms with Gasteiger partial charge in [-0.05, 0) is 63.0 Å². The number of piperazine rings is 1. The molecule has 0 spiro atoms. The van der Waals surface area contributed by atoms with Crippen molar-refractivity contribution in [3.05, 3.63) is 78.4 Å². The summed E-state index contributed by atoms with van der Waals surface area (Å²) in [7, 11) is 0. The Balaban J connectivity index is 0.980. The fraction of sp³-hybridized carbons (Fsp3) is 0.400. The number of ether oxygens (including phenoxy) is 1. The second-order valence-electron chi connectivity index (χ2n) is 12.0. The molecular weight excluding hydrogens is 538 g/mol. The van der Waals surface area contributed by atoms with E-state index in [1.54, 1.807) is 0 Å². The molecule has 3 saturated heterocycles. The van der Waals surface area contributed by atoms with Gasteiger partial charge < -0.3 is 24.3 Å². The third kappa shape index (κ3) is 5.76. The monoisotopic (exact) mass is 577 g/mol. The molecule has 0 radical (unpaired) electrons. The minimum absolute atomic E-state index is 0.0428. The second-order valence-corrected chi connectivity index (χ2v) is 12.0. The van der Waals surface area contributed by atoms with Crippen molar-refractivity contribution in [2.45, 2.75) is 38.1 Å². The van der Waals surface area contributed by atoms with Gasteiger partial charge in [0.2, 0.25) is 0 Å². The van der Waals surface area contributed by atoms with E-state index < -0.39 is 0 Å². The van der Waals surface area contributed by atoms with Crippen molar-refractivity contribution in [1.82, 2.24) is 19.7 Å². The molecule has 0 N–H and O–H groups in total. The number of aromatic nitrogens is 1. The SMILES string of the molecule is O=C(Oc1cccc(N2CCN(C(=O)c3c4ccccc4nc4ccccc34)CC2)c1)N1CCC(N2CCCCC2)CC1. The smallest absolute Gasteiger partial charge is 0.410 e. The van der Waals surface area contributed by atoms with Crippen molar-refractivity contribution in [3.8, 4) is 5.75 Å². The fourth-order valence-electron chi connectivity index (χ4n) is 7.00. The second kappa shape index (κ2) is 12.2. The van der Waals surface area contributed by atoms with Crippen LogP contribution in [0.4, 0.5) is 10.5 Å². The lowest BCUT2D eigenvalue weighted by Crippen LogP contribution is -2.49. The Labute approximate surface area is 252 Å². The van der Waals surface area contributed by atoms with Gasteiger partial charge >= 0.3 is 6.09 Å². The van der Waals surface area contributed by atoms with Crippen molar-refractivity contribution in [2.75, 3.05) is 57.3 Å². The van der Waals surface area contributed by atoms with Crippen LogP contribution in [-0.2, 0) is 0 Å². The first kappa shape index (κ1) is 27.7. The molecule has 0 unspecified atom stereocenters. The number of amides is 2. The Morgan fingerprint density at radius 1 is 0.674 bits per heavy atom. The molecule has 0 saturated carbocycles. The molecule has 0 aliphatic carbocycles. The van der Waals surface area contributed by atoms with E-state index in [1.165, 1.54) is 32.4 Å². The van der Waals surface area contributed by atoms with Crippen LogP contribution in [0.15, 0.2) is 72.8 Å². The van der Waals surface area contributed by atoms with Gasteiger partial charge in [-0.3, -0.25) is 4.79 Å². The topological polar surface area (TPSA) is 69.2 Å². The van der Waals surface area contributed by atoms with Gasteiger partial charge in [-0.2, -0.15) is 0 Å². The highest BCUT2D eigenvalue weighted by molar-refractivity contribution is 6.16. The Bertz CT molecular complexity index is 1560. The minimum atomic E-state index is -0.263. The predicted molar refractivity (Wildman–Crippen MR) is 170 cm³/mol. The van der Waals surface area contributed by atoms with E-state index in [0.717, 1.165) is 59.0 Å². The summed E-state index contributed by atoms with van der Waals surface area (Å²) in [5.41, 5.74) is 3.39. The Morgan fingerprint density at radius 3 is 2.00 bits per heavy atom. The lowest BCUT2D eigenvalue weighted by molar-refractivity contribution is 0.0750. The van der Waals surface area contributed by atoms with Crippen LogP contribution in [0.3, 0.4) is 0 Å². The summed E-state index contributed by atoms with van der Waals surface area (Å²) in [5, 5.41) is 1.78. The number of hydrogen-bond donors (Lipinski definition) is 0. The van der Waals surface area contributed by atoms with E-state index in [0.29, 0.717) is 38.0 Å². The minimum Gasteiger partial charge on any atom is -0.410 e. The first-order valence-electron chi connectivity index (χ1n) is 15.8. The summed E-state index contributed by atoms with van der Waals surface area (Å²) in [6, 6.07) is 24.1. The number of hydrogen-bond acceptors (Lipinski definition) is 6. The van der Waals surface area contributed by atoms with Crippen molar-refractivity contribution in [2.24, 2.45) is 0 Å². The van der Waals surface area contributed by atoms with Crippen molar-refractivity contribution >= 4 is 39.5 Å². The lowest BCUT2D eigenvalue weighted by atomic mass is 10.0. The molecule has 222 valence electrons. The van der Waals surface area contributed by atoms with Crippen LogP contribution in [0.5, 0.6) is 5.75 Å². The maximum absolute atomic E-state index is 13.9. The summed E-state index contributed by atoms with van der Waals surface area (Å²) in [5.74, 6) is 0.607. The summed E-state index contributed by atoms with van der Waals surface area (Å²) >= 11 is 0.